The number of benzene rings is 1. The minimum atomic E-state index is -0.300. The first kappa shape index (κ1) is 14.3. The van der Waals surface area contributed by atoms with Crippen LogP contribution < -0.4 is 5.32 Å². The summed E-state index contributed by atoms with van der Waals surface area (Å²) in [6, 6.07) is 6.16. The minimum absolute atomic E-state index is 0.0550. The molecule has 0 bridgehead atoms. The molecule has 1 aromatic rings. The minimum Gasteiger partial charge on any atom is -0.384 e. The van der Waals surface area contributed by atoms with E-state index in [4.69, 9.17) is 0 Å². The summed E-state index contributed by atoms with van der Waals surface area (Å²) >= 11 is 0. The van der Waals surface area contributed by atoms with Crippen LogP contribution in [0.5, 0.6) is 0 Å². The van der Waals surface area contributed by atoms with E-state index in [1.807, 2.05) is 0 Å². The molecule has 1 aliphatic heterocycles. The second kappa shape index (κ2) is 6.88. The van der Waals surface area contributed by atoms with Gasteiger partial charge in [0, 0.05) is 44.8 Å². The number of nitrogens with one attached hydrogen (secondary N) is 1. The molecule has 2 amide bonds. The van der Waals surface area contributed by atoms with Gasteiger partial charge in [-0.3, -0.25) is 9.59 Å². The Kier molecular flexibility index (Phi) is 4.92. The second-order valence-corrected chi connectivity index (χ2v) is 4.71. The number of hydrogen-bond donors (Lipinski definition) is 1. The van der Waals surface area contributed by atoms with Crippen molar-refractivity contribution in [1.82, 2.24) is 9.80 Å². The molecule has 1 aliphatic rings. The molecule has 1 saturated heterocycles. The first-order chi connectivity index (χ1) is 9.69. The molecule has 108 valence electrons. The van der Waals surface area contributed by atoms with Crippen molar-refractivity contribution in [3.63, 3.8) is 0 Å². The zero-order chi connectivity index (χ0) is 14.4. The quantitative estimate of drug-likeness (QED) is 0.816. The van der Waals surface area contributed by atoms with Gasteiger partial charge in [0.2, 0.25) is 12.3 Å². The van der Waals surface area contributed by atoms with Crippen LogP contribution in [0.3, 0.4) is 0 Å². The third-order valence-electron chi connectivity index (χ3n) is 3.31. The number of anilines is 1. The van der Waals surface area contributed by atoms with E-state index in [1.54, 1.807) is 21.9 Å². The molecule has 2 rings (SSSR count). The summed E-state index contributed by atoms with van der Waals surface area (Å²) in [5.41, 5.74) is 0.670. The lowest BCUT2D eigenvalue weighted by atomic mass is 10.2. The van der Waals surface area contributed by atoms with Gasteiger partial charge in [-0.1, -0.05) is 6.07 Å². The van der Waals surface area contributed by atoms with Crippen molar-refractivity contribution >= 4 is 18.0 Å². The Morgan fingerprint density at radius 3 is 2.70 bits per heavy atom. The lowest BCUT2D eigenvalue weighted by molar-refractivity contribution is -0.134. The van der Waals surface area contributed by atoms with E-state index in [9.17, 15) is 14.0 Å². The lowest BCUT2D eigenvalue weighted by Gasteiger charge is -2.32. The van der Waals surface area contributed by atoms with Crippen molar-refractivity contribution in [2.75, 3.05) is 38.0 Å². The molecular formula is C14H18FN3O2. The predicted molar refractivity (Wildman–Crippen MR) is 73.7 cm³/mol. The van der Waals surface area contributed by atoms with Gasteiger partial charge in [-0.05, 0) is 18.2 Å². The third kappa shape index (κ3) is 3.94. The molecule has 20 heavy (non-hydrogen) atoms. The number of nitrogens with zero attached hydrogens (tertiary/aromatic N) is 2. The monoisotopic (exact) mass is 279 g/mol. The van der Waals surface area contributed by atoms with Gasteiger partial charge >= 0.3 is 0 Å². The number of carbonyl (C=O) groups is 2. The molecule has 0 atom stereocenters. The van der Waals surface area contributed by atoms with E-state index in [1.165, 1.54) is 12.1 Å². The first-order valence-corrected chi connectivity index (χ1v) is 6.65. The second-order valence-electron chi connectivity index (χ2n) is 4.71. The molecule has 0 saturated carbocycles. The molecule has 1 N–H and O–H groups in total. The molecule has 1 fully saturated rings. The van der Waals surface area contributed by atoms with Gasteiger partial charge in [-0.2, -0.15) is 0 Å². The fourth-order valence-electron chi connectivity index (χ4n) is 2.15. The van der Waals surface area contributed by atoms with E-state index < -0.39 is 0 Å². The van der Waals surface area contributed by atoms with E-state index in [0.717, 1.165) is 6.41 Å². The summed E-state index contributed by atoms with van der Waals surface area (Å²) in [7, 11) is 0. The van der Waals surface area contributed by atoms with Crippen molar-refractivity contribution in [3.05, 3.63) is 30.1 Å². The molecule has 0 unspecified atom stereocenters. The normalized spacial score (nSPS) is 15.1. The Hall–Kier alpha value is -2.11. The van der Waals surface area contributed by atoms with Crippen LogP contribution in [0.2, 0.25) is 0 Å². The summed E-state index contributed by atoms with van der Waals surface area (Å²) in [6.45, 7) is 2.81. The van der Waals surface area contributed by atoms with Gasteiger partial charge in [0.05, 0.1) is 0 Å². The van der Waals surface area contributed by atoms with Crippen molar-refractivity contribution in [3.8, 4) is 0 Å². The average Bonchev–Trinajstić information content (AvgIpc) is 2.47. The highest BCUT2D eigenvalue weighted by atomic mass is 19.1. The van der Waals surface area contributed by atoms with Gasteiger partial charge in [-0.15, -0.1) is 0 Å². The van der Waals surface area contributed by atoms with E-state index in [2.05, 4.69) is 5.32 Å². The number of hydrogen-bond acceptors (Lipinski definition) is 3. The van der Waals surface area contributed by atoms with Crippen molar-refractivity contribution in [2.45, 2.75) is 6.42 Å². The lowest BCUT2D eigenvalue weighted by Crippen LogP contribution is -2.48. The van der Waals surface area contributed by atoms with Crippen molar-refractivity contribution in [2.24, 2.45) is 0 Å². The summed E-state index contributed by atoms with van der Waals surface area (Å²) < 4.78 is 13.0. The van der Waals surface area contributed by atoms with Crippen LogP contribution in [0.4, 0.5) is 10.1 Å². The summed E-state index contributed by atoms with van der Waals surface area (Å²) in [6.07, 6.45) is 1.17. The number of halogens is 1. The molecule has 1 aromatic carbocycles. The van der Waals surface area contributed by atoms with Crippen LogP contribution in [0.25, 0.3) is 0 Å². The zero-order valence-corrected chi connectivity index (χ0v) is 11.2. The Labute approximate surface area is 117 Å². The Balaban J connectivity index is 1.71. The van der Waals surface area contributed by atoms with Gasteiger partial charge in [0.1, 0.15) is 5.82 Å². The van der Waals surface area contributed by atoms with Crippen molar-refractivity contribution in [1.29, 1.82) is 0 Å². The smallest absolute Gasteiger partial charge is 0.224 e. The molecule has 0 aromatic heterocycles. The Bertz CT molecular complexity index is 473. The van der Waals surface area contributed by atoms with E-state index in [-0.39, 0.29) is 11.7 Å². The number of piperazine rings is 1. The highest BCUT2D eigenvalue weighted by molar-refractivity contribution is 5.77. The molecule has 5 nitrogen and oxygen atoms in total. The summed E-state index contributed by atoms with van der Waals surface area (Å²) in [5, 5.41) is 3.02. The fourth-order valence-corrected chi connectivity index (χ4v) is 2.15. The van der Waals surface area contributed by atoms with E-state index >= 15 is 0 Å². The van der Waals surface area contributed by atoms with Gasteiger partial charge in [0.25, 0.3) is 0 Å². The van der Waals surface area contributed by atoms with Gasteiger partial charge in [0.15, 0.2) is 0 Å². The van der Waals surface area contributed by atoms with Crippen LogP contribution in [-0.2, 0) is 9.59 Å². The number of amides is 2. The molecule has 0 radical (unpaired) electrons. The Morgan fingerprint density at radius 1 is 1.30 bits per heavy atom. The van der Waals surface area contributed by atoms with E-state index in [0.29, 0.717) is 44.8 Å². The standard InChI is InChI=1S/C14H18FN3O2/c15-12-2-1-3-13(10-12)16-5-4-14(20)18-8-6-17(11-19)7-9-18/h1-3,10-11,16H,4-9H2. The number of rotatable bonds is 5. The molecule has 0 aliphatic carbocycles. The van der Waals surface area contributed by atoms with Crippen LogP contribution in [0, 0.1) is 5.82 Å². The molecular weight excluding hydrogens is 261 g/mol. The average molecular weight is 279 g/mol. The maximum Gasteiger partial charge on any atom is 0.224 e. The first-order valence-electron chi connectivity index (χ1n) is 6.65. The molecule has 6 heteroatoms. The maximum absolute atomic E-state index is 13.0. The van der Waals surface area contributed by atoms with Crippen LogP contribution in [-0.4, -0.2) is 54.8 Å². The largest absolute Gasteiger partial charge is 0.384 e. The van der Waals surface area contributed by atoms with Crippen LogP contribution >= 0.6 is 0 Å². The number of carbonyl (C=O) groups excluding carboxylic acids is 2. The Morgan fingerprint density at radius 2 is 2.05 bits per heavy atom. The zero-order valence-electron chi connectivity index (χ0n) is 11.2. The fraction of sp³-hybridized carbons (Fsp3) is 0.429. The van der Waals surface area contributed by atoms with Crippen LogP contribution in [0.15, 0.2) is 24.3 Å². The third-order valence-corrected chi connectivity index (χ3v) is 3.31. The highest BCUT2D eigenvalue weighted by Gasteiger charge is 2.19. The maximum atomic E-state index is 13.0. The van der Waals surface area contributed by atoms with Gasteiger partial charge in [-0.25, -0.2) is 4.39 Å². The topological polar surface area (TPSA) is 52.7 Å². The van der Waals surface area contributed by atoms with Gasteiger partial charge < -0.3 is 15.1 Å². The molecule has 1 heterocycles. The predicted octanol–water partition coefficient (Wildman–Crippen LogP) is 0.928. The van der Waals surface area contributed by atoms with Crippen molar-refractivity contribution < 1.29 is 14.0 Å². The summed E-state index contributed by atoms with van der Waals surface area (Å²) in [5.74, 6) is -0.245. The molecule has 0 spiro atoms. The summed E-state index contributed by atoms with van der Waals surface area (Å²) in [4.78, 5) is 25.9. The SMILES string of the molecule is O=CN1CCN(C(=O)CCNc2cccc(F)c2)CC1. The highest BCUT2D eigenvalue weighted by Crippen LogP contribution is 2.09. The van der Waals surface area contributed by atoms with Crippen LogP contribution in [0.1, 0.15) is 6.42 Å².